The summed E-state index contributed by atoms with van der Waals surface area (Å²) in [6.45, 7) is 5.81. The van der Waals surface area contributed by atoms with Crippen molar-refractivity contribution in [2.45, 2.75) is 26.5 Å². The van der Waals surface area contributed by atoms with Crippen LogP contribution in [0.5, 0.6) is 0 Å². The second-order valence-electron chi connectivity index (χ2n) is 7.93. The Hall–Kier alpha value is -3.43. The third-order valence-electron chi connectivity index (χ3n) is 5.45. The largest absolute Gasteiger partial charge is 0.461 e. The van der Waals surface area contributed by atoms with Crippen molar-refractivity contribution in [3.05, 3.63) is 86.6 Å². The van der Waals surface area contributed by atoms with Gasteiger partial charge < -0.3 is 10.1 Å². The van der Waals surface area contributed by atoms with Crippen molar-refractivity contribution < 1.29 is 14.3 Å². The SMILES string of the molecule is CCOC(=O)c1nn(-c2ccc(C)c(C)c2)c(=O)c2c(NC(=O)CSCc3ccccc3)scc12. The number of benzene rings is 2. The van der Waals surface area contributed by atoms with E-state index >= 15 is 0 Å². The Balaban J connectivity index is 1.68. The van der Waals surface area contributed by atoms with Gasteiger partial charge in [0, 0.05) is 16.5 Å². The summed E-state index contributed by atoms with van der Waals surface area (Å²) in [5.74, 6) is 0.0938. The third kappa shape index (κ3) is 5.47. The minimum absolute atomic E-state index is 0.0369. The molecule has 0 bridgehead atoms. The van der Waals surface area contributed by atoms with E-state index < -0.39 is 11.5 Å². The van der Waals surface area contributed by atoms with E-state index in [0.717, 1.165) is 16.7 Å². The molecule has 1 N–H and O–H groups in total. The summed E-state index contributed by atoms with van der Waals surface area (Å²) < 4.78 is 6.39. The average molecular weight is 508 g/mol. The molecule has 2 heterocycles. The van der Waals surface area contributed by atoms with Gasteiger partial charge in [-0.05, 0) is 49.6 Å². The number of nitrogens with one attached hydrogen (secondary N) is 1. The number of amides is 1. The number of esters is 1. The number of thiophene rings is 1. The van der Waals surface area contributed by atoms with E-state index in [1.165, 1.54) is 27.8 Å². The molecule has 0 fully saturated rings. The van der Waals surface area contributed by atoms with Crippen molar-refractivity contribution in [2.75, 3.05) is 17.7 Å². The first-order valence-electron chi connectivity index (χ1n) is 11.1. The number of rotatable bonds is 8. The lowest BCUT2D eigenvalue weighted by Gasteiger charge is -2.11. The number of hydrogen-bond acceptors (Lipinski definition) is 7. The van der Waals surface area contributed by atoms with Gasteiger partial charge in [0.25, 0.3) is 5.56 Å². The molecule has 4 rings (SSSR count). The van der Waals surface area contributed by atoms with E-state index in [-0.39, 0.29) is 29.3 Å². The maximum Gasteiger partial charge on any atom is 0.359 e. The van der Waals surface area contributed by atoms with Crippen LogP contribution in [0.2, 0.25) is 0 Å². The van der Waals surface area contributed by atoms with Crippen molar-refractivity contribution in [3.8, 4) is 5.69 Å². The predicted molar refractivity (Wildman–Crippen MR) is 142 cm³/mol. The number of carbonyl (C=O) groups excluding carboxylic acids is 2. The van der Waals surface area contributed by atoms with Crippen LogP contribution < -0.4 is 10.9 Å². The number of carbonyl (C=O) groups is 2. The van der Waals surface area contributed by atoms with E-state index in [0.29, 0.717) is 21.8 Å². The lowest BCUT2D eigenvalue weighted by molar-refractivity contribution is -0.113. The number of thioether (sulfide) groups is 1. The van der Waals surface area contributed by atoms with E-state index in [9.17, 15) is 14.4 Å². The third-order valence-corrected chi connectivity index (χ3v) is 7.35. The molecule has 0 aliphatic carbocycles. The number of fused-ring (bicyclic) bond motifs is 1. The number of aromatic nitrogens is 2. The van der Waals surface area contributed by atoms with Gasteiger partial charge in [0.15, 0.2) is 5.69 Å². The molecule has 0 saturated heterocycles. The molecule has 180 valence electrons. The Morgan fingerprint density at radius 1 is 1.11 bits per heavy atom. The van der Waals surface area contributed by atoms with E-state index in [1.54, 1.807) is 18.4 Å². The Kier molecular flexibility index (Phi) is 7.67. The van der Waals surface area contributed by atoms with Crippen molar-refractivity contribution >= 4 is 50.7 Å². The van der Waals surface area contributed by atoms with Gasteiger partial charge in [-0.2, -0.15) is 9.78 Å². The fraction of sp³-hybridized carbons (Fsp3) is 0.231. The lowest BCUT2D eigenvalue weighted by Crippen LogP contribution is -2.26. The molecule has 0 unspecified atom stereocenters. The second-order valence-corrected chi connectivity index (χ2v) is 9.80. The van der Waals surface area contributed by atoms with Crippen molar-refractivity contribution in [3.63, 3.8) is 0 Å². The zero-order valence-corrected chi connectivity index (χ0v) is 21.3. The molecule has 0 aliphatic rings. The van der Waals surface area contributed by atoms with Crippen molar-refractivity contribution in [2.24, 2.45) is 0 Å². The summed E-state index contributed by atoms with van der Waals surface area (Å²) in [5.41, 5.74) is 3.36. The summed E-state index contributed by atoms with van der Waals surface area (Å²) in [4.78, 5) is 38.9. The molecule has 0 spiro atoms. The maximum absolute atomic E-state index is 13.5. The highest BCUT2D eigenvalue weighted by atomic mass is 32.2. The average Bonchev–Trinajstić information content (AvgIpc) is 3.26. The number of ether oxygens (including phenoxy) is 1. The molecular weight excluding hydrogens is 482 g/mol. The number of aryl methyl sites for hydroxylation is 2. The fourth-order valence-electron chi connectivity index (χ4n) is 3.52. The van der Waals surface area contributed by atoms with Gasteiger partial charge in [-0.1, -0.05) is 36.4 Å². The Bertz CT molecular complexity index is 1440. The molecule has 2 aromatic heterocycles. The molecule has 0 aliphatic heterocycles. The summed E-state index contributed by atoms with van der Waals surface area (Å²) in [5, 5.41) is 9.87. The van der Waals surface area contributed by atoms with Crippen LogP contribution in [-0.2, 0) is 15.3 Å². The normalized spacial score (nSPS) is 10.9. The quantitative estimate of drug-likeness (QED) is 0.333. The first-order chi connectivity index (χ1) is 16.9. The van der Waals surface area contributed by atoms with Crippen LogP contribution >= 0.6 is 23.1 Å². The molecule has 4 aromatic rings. The van der Waals surface area contributed by atoms with Crippen molar-refractivity contribution in [1.82, 2.24) is 9.78 Å². The Morgan fingerprint density at radius 3 is 2.60 bits per heavy atom. The van der Waals surface area contributed by atoms with Crippen LogP contribution in [0.4, 0.5) is 5.00 Å². The van der Waals surface area contributed by atoms with Gasteiger partial charge in [0.1, 0.15) is 5.00 Å². The first-order valence-corrected chi connectivity index (χ1v) is 13.1. The van der Waals surface area contributed by atoms with E-state index in [2.05, 4.69) is 10.4 Å². The second kappa shape index (κ2) is 10.9. The smallest absolute Gasteiger partial charge is 0.359 e. The predicted octanol–water partition coefficient (Wildman–Crippen LogP) is 5.11. The highest BCUT2D eigenvalue weighted by Gasteiger charge is 2.23. The van der Waals surface area contributed by atoms with Crippen LogP contribution in [0, 0.1) is 13.8 Å². The van der Waals surface area contributed by atoms with Gasteiger partial charge in [-0.3, -0.25) is 9.59 Å². The molecule has 9 heteroatoms. The minimum atomic E-state index is -0.621. The number of anilines is 1. The summed E-state index contributed by atoms with van der Waals surface area (Å²) >= 11 is 2.68. The van der Waals surface area contributed by atoms with Crippen LogP contribution in [0.1, 0.15) is 34.1 Å². The fourth-order valence-corrected chi connectivity index (χ4v) is 5.26. The highest BCUT2D eigenvalue weighted by Crippen LogP contribution is 2.31. The summed E-state index contributed by atoms with van der Waals surface area (Å²) in [6, 6.07) is 15.4. The molecule has 2 aromatic carbocycles. The maximum atomic E-state index is 13.5. The summed E-state index contributed by atoms with van der Waals surface area (Å²) in [7, 11) is 0. The highest BCUT2D eigenvalue weighted by molar-refractivity contribution is 7.99. The summed E-state index contributed by atoms with van der Waals surface area (Å²) in [6.07, 6.45) is 0. The van der Waals surface area contributed by atoms with E-state index in [4.69, 9.17) is 4.74 Å². The van der Waals surface area contributed by atoms with Crippen LogP contribution in [0.15, 0.2) is 58.7 Å². The minimum Gasteiger partial charge on any atom is -0.461 e. The van der Waals surface area contributed by atoms with Crippen molar-refractivity contribution in [1.29, 1.82) is 0 Å². The van der Waals surface area contributed by atoms with Crippen LogP contribution in [0.3, 0.4) is 0 Å². The first kappa shape index (κ1) is 24.7. The standard InChI is InChI=1S/C26H25N3O4S2/c1-4-33-26(32)23-20-14-35-24(27-21(30)15-34-13-18-8-6-5-7-9-18)22(20)25(31)29(28-23)19-11-10-16(2)17(3)12-19/h5-12,14H,4,13,15H2,1-3H3,(H,27,30). The number of nitrogens with zero attached hydrogens (tertiary/aromatic N) is 2. The van der Waals surface area contributed by atoms with Gasteiger partial charge >= 0.3 is 5.97 Å². The molecule has 0 atom stereocenters. The zero-order chi connectivity index (χ0) is 24.9. The van der Waals surface area contributed by atoms with Crippen LogP contribution in [-0.4, -0.2) is 34.0 Å². The Morgan fingerprint density at radius 2 is 1.89 bits per heavy atom. The van der Waals surface area contributed by atoms with E-state index in [1.807, 2.05) is 56.3 Å². The van der Waals surface area contributed by atoms with Gasteiger partial charge in [0.2, 0.25) is 5.91 Å². The molecule has 1 amide bonds. The molecule has 7 nitrogen and oxygen atoms in total. The molecule has 0 radical (unpaired) electrons. The lowest BCUT2D eigenvalue weighted by atomic mass is 10.1. The number of hydrogen-bond donors (Lipinski definition) is 1. The van der Waals surface area contributed by atoms with Crippen LogP contribution in [0.25, 0.3) is 16.5 Å². The Labute approximate surface area is 211 Å². The monoisotopic (exact) mass is 507 g/mol. The molecule has 0 saturated carbocycles. The topological polar surface area (TPSA) is 90.3 Å². The zero-order valence-electron chi connectivity index (χ0n) is 19.7. The van der Waals surface area contributed by atoms with Gasteiger partial charge in [0.05, 0.1) is 23.4 Å². The molecular formula is C26H25N3O4S2. The van der Waals surface area contributed by atoms with Gasteiger partial charge in [-0.25, -0.2) is 4.79 Å². The van der Waals surface area contributed by atoms with Gasteiger partial charge in [-0.15, -0.1) is 23.1 Å². The molecule has 35 heavy (non-hydrogen) atoms.